The smallest absolute Gasteiger partial charge is 0.307 e. The van der Waals surface area contributed by atoms with E-state index >= 15 is 0 Å². The molecule has 1 N–H and O–H groups in total. The van der Waals surface area contributed by atoms with Gasteiger partial charge in [0.05, 0.1) is 0 Å². The van der Waals surface area contributed by atoms with Crippen molar-refractivity contribution in [3.05, 3.63) is 24.3 Å². The molecular formula is C23H41NO2. The summed E-state index contributed by atoms with van der Waals surface area (Å²) in [6.45, 7) is 3.22. The van der Waals surface area contributed by atoms with Crippen molar-refractivity contribution in [2.75, 3.05) is 6.54 Å². The van der Waals surface area contributed by atoms with Gasteiger partial charge < -0.3 is 4.74 Å². The van der Waals surface area contributed by atoms with Crippen LogP contribution >= 0.6 is 0 Å². The third-order valence-corrected chi connectivity index (χ3v) is 4.87. The molecule has 1 saturated heterocycles. The van der Waals surface area contributed by atoms with E-state index in [-0.39, 0.29) is 12.2 Å². The maximum atomic E-state index is 11.8. The number of allylic oxidation sites excluding steroid dienone is 4. The van der Waals surface area contributed by atoms with Gasteiger partial charge in [-0.05, 0) is 64.3 Å². The van der Waals surface area contributed by atoms with Crippen LogP contribution in [0.3, 0.4) is 0 Å². The van der Waals surface area contributed by atoms with Crippen molar-refractivity contribution in [1.82, 2.24) is 5.32 Å². The third-order valence-electron chi connectivity index (χ3n) is 4.87. The highest BCUT2D eigenvalue weighted by molar-refractivity contribution is 5.69. The van der Waals surface area contributed by atoms with Gasteiger partial charge >= 0.3 is 5.97 Å². The van der Waals surface area contributed by atoms with E-state index < -0.39 is 0 Å². The summed E-state index contributed by atoms with van der Waals surface area (Å²) in [5, 5.41) is 3.25. The summed E-state index contributed by atoms with van der Waals surface area (Å²) >= 11 is 0. The molecule has 1 rings (SSSR count). The van der Waals surface area contributed by atoms with Crippen LogP contribution in [-0.4, -0.2) is 18.7 Å². The maximum absolute atomic E-state index is 11.8. The molecule has 0 aliphatic carbocycles. The van der Waals surface area contributed by atoms with Gasteiger partial charge in [0.1, 0.15) is 0 Å². The molecule has 1 unspecified atom stereocenters. The van der Waals surface area contributed by atoms with Gasteiger partial charge in [-0.1, -0.05) is 63.3 Å². The predicted molar refractivity (Wildman–Crippen MR) is 111 cm³/mol. The van der Waals surface area contributed by atoms with Gasteiger partial charge in [-0.15, -0.1) is 0 Å². The first-order valence-electron chi connectivity index (χ1n) is 11.1. The van der Waals surface area contributed by atoms with E-state index in [2.05, 4.69) is 36.5 Å². The molecule has 1 aliphatic heterocycles. The fourth-order valence-electron chi connectivity index (χ4n) is 3.22. The zero-order valence-electron chi connectivity index (χ0n) is 17.0. The minimum Gasteiger partial charge on any atom is -0.447 e. The number of hydrogen-bond acceptors (Lipinski definition) is 3. The van der Waals surface area contributed by atoms with E-state index in [1.54, 1.807) is 0 Å². The summed E-state index contributed by atoms with van der Waals surface area (Å²) in [7, 11) is 0. The van der Waals surface area contributed by atoms with Crippen LogP contribution in [0.2, 0.25) is 0 Å². The number of carbonyl (C=O) groups is 1. The average molecular weight is 364 g/mol. The number of esters is 1. The molecular weight excluding hydrogens is 322 g/mol. The molecule has 0 aromatic rings. The number of carbonyl (C=O) groups excluding carboxylic acids is 1. The Balaban J connectivity index is 1.82. The molecule has 0 bridgehead atoms. The molecule has 0 radical (unpaired) electrons. The fourth-order valence-corrected chi connectivity index (χ4v) is 3.22. The Morgan fingerprint density at radius 3 is 2.31 bits per heavy atom. The number of piperidine rings is 1. The SMILES string of the molecule is CCCCC/C=C\C/C=C\CCCCCCCC(=O)OC1CCCCN1. The molecule has 1 fully saturated rings. The molecule has 1 atom stereocenters. The molecule has 1 aliphatic rings. The summed E-state index contributed by atoms with van der Waals surface area (Å²) in [6, 6.07) is 0. The lowest BCUT2D eigenvalue weighted by atomic mass is 10.1. The van der Waals surface area contributed by atoms with Crippen molar-refractivity contribution < 1.29 is 9.53 Å². The highest BCUT2D eigenvalue weighted by Gasteiger charge is 2.16. The van der Waals surface area contributed by atoms with Crippen molar-refractivity contribution in [3.63, 3.8) is 0 Å². The monoisotopic (exact) mass is 363 g/mol. The van der Waals surface area contributed by atoms with E-state index in [4.69, 9.17) is 4.74 Å². The van der Waals surface area contributed by atoms with E-state index in [0.717, 1.165) is 38.6 Å². The second-order valence-corrected chi connectivity index (χ2v) is 7.41. The van der Waals surface area contributed by atoms with Crippen molar-refractivity contribution in [3.8, 4) is 0 Å². The van der Waals surface area contributed by atoms with E-state index in [1.807, 2.05) is 0 Å². The third kappa shape index (κ3) is 14.1. The van der Waals surface area contributed by atoms with Crippen LogP contribution in [0.15, 0.2) is 24.3 Å². The van der Waals surface area contributed by atoms with Crippen LogP contribution in [-0.2, 0) is 9.53 Å². The van der Waals surface area contributed by atoms with Crippen LogP contribution in [0.1, 0.15) is 103 Å². The summed E-state index contributed by atoms with van der Waals surface area (Å²) in [5.41, 5.74) is 0. The van der Waals surface area contributed by atoms with E-state index in [9.17, 15) is 4.79 Å². The predicted octanol–water partition coefficient (Wildman–Crippen LogP) is 6.44. The number of ether oxygens (including phenoxy) is 1. The Morgan fingerprint density at radius 1 is 0.923 bits per heavy atom. The highest BCUT2D eigenvalue weighted by atomic mass is 16.6. The quantitative estimate of drug-likeness (QED) is 0.207. The standard InChI is InChI=1S/C23H41NO2/c1-2-3-4-5-6-7-8-9-10-11-12-13-14-15-16-20-23(25)26-22-19-17-18-21-24-22/h6-7,9-10,22,24H,2-5,8,11-21H2,1H3/b7-6-,10-9-. The molecule has 0 amide bonds. The number of unbranched alkanes of at least 4 members (excludes halogenated alkanes) is 8. The Morgan fingerprint density at radius 2 is 1.62 bits per heavy atom. The van der Waals surface area contributed by atoms with Gasteiger partial charge in [0.25, 0.3) is 0 Å². The van der Waals surface area contributed by atoms with Gasteiger partial charge in [0, 0.05) is 6.42 Å². The molecule has 0 saturated carbocycles. The minimum absolute atomic E-state index is 0.0323. The summed E-state index contributed by atoms with van der Waals surface area (Å²) in [6.07, 6.45) is 26.3. The van der Waals surface area contributed by atoms with Crippen LogP contribution in [0.25, 0.3) is 0 Å². The highest BCUT2D eigenvalue weighted by Crippen LogP contribution is 2.12. The summed E-state index contributed by atoms with van der Waals surface area (Å²) in [5.74, 6) is -0.0323. The Kier molecular flexibility index (Phi) is 15.3. The lowest BCUT2D eigenvalue weighted by Crippen LogP contribution is -2.37. The van der Waals surface area contributed by atoms with Crippen LogP contribution in [0.4, 0.5) is 0 Å². The van der Waals surface area contributed by atoms with E-state index in [1.165, 1.54) is 57.8 Å². The topological polar surface area (TPSA) is 38.3 Å². The van der Waals surface area contributed by atoms with Crippen LogP contribution < -0.4 is 5.32 Å². The Hall–Kier alpha value is -1.09. The molecule has 1 heterocycles. The van der Waals surface area contributed by atoms with Gasteiger partial charge in [-0.2, -0.15) is 0 Å². The van der Waals surface area contributed by atoms with Gasteiger partial charge in [-0.3, -0.25) is 10.1 Å². The first kappa shape index (κ1) is 23.0. The van der Waals surface area contributed by atoms with Crippen molar-refractivity contribution in [2.24, 2.45) is 0 Å². The number of hydrogen-bond donors (Lipinski definition) is 1. The second-order valence-electron chi connectivity index (χ2n) is 7.41. The van der Waals surface area contributed by atoms with Gasteiger partial charge in [0.2, 0.25) is 0 Å². The summed E-state index contributed by atoms with van der Waals surface area (Å²) < 4.78 is 5.45. The van der Waals surface area contributed by atoms with Crippen LogP contribution in [0.5, 0.6) is 0 Å². The molecule has 0 spiro atoms. The number of nitrogens with one attached hydrogen (secondary N) is 1. The first-order valence-corrected chi connectivity index (χ1v) is 11.1. The normalized spacial score (nSPS) is 18.0. The largest absolute Gasteiger partial charge is 0.447 e. The Bertz CT molecular complexity index is 384. The molecule has 0 aromatic heterocycles. The molecule has 26 heavy (non-hydrogen) atoms. The zero-order chi connectivity index (χ0) is 18.7. The zero-order valence-corrected chi connectivity index (χ0v) is 17.0. The average Bonchev–Trinajstić information content (AvgIpc) is 2.65. The fraction of sp³-hybridized carbons (Fsp3) is 0.783. The number of rotatable bonds is 15. The Labute approximate surface area is 161 Å². The van der Waals surface area contributed by atoms with Gasteiger partial charge in [0.15, 0.2) is 6.23 Å². The van der Waals surface area contributed by atoms with Crippen LogP contribution in [0, 0.1) is 0 Å². The van der Waals surface area contributed by atoms with Crippen molar-refractivity contribution in [2.45, 2.75) is 109 Å². The molecule has 3 nitrogen and oxygen atoms in total. The molecule has 0 aromatic carbocycles. The lowest BCUT2D eigenvalue weighted by molar-refractivity contribution is -0.152. The van der Waals surface area contributed by atoms with E-state index in [0.29, 0.717) is 6.42 Å². The van der Waals surface area contributed by atoms with Crippen molar-refractivity contribution >= 4 is 5.97 Å². The second kappa shape index (κ2) is 17.3. The first-order chi connectivity index (χ1) is 12.8. The maximum Gasteiger partial charge on any atom is 0.307 e. The summed E-state index contributed by atoms with van der Waals surface area (Å²) in [4.78, 5) is 11.8. The minimum atomic E-state index is -0.0331. The molecule has 3 heteroatoms. The molecule has 150 valence electrons. The van der Waals surface area contributed by atoms with Crippen molar-refractivity contribution in [1.29, 1.82) is 0 Å². The van der Waals surface area contributed by atoms with Gasteiger partial charge in [-0.25, -0.2) is 0 Å². The lowest BCUT2D eigenvalue weighted by Gasteiger charge is -2.23.